The van der Waals surface area contributed by atoms with Crippen molar-refractivity contribution in [1.29, 1.82) is 0 Å². The van der Waals surface area contributed by atoms with Gasteiger partial charge in [-0.3, -0.25) is 4.98 Å². The van der Waals surface area contributed by atoms with E-state index in [4.69, 9.17) is 17.3 Å². The number of aromatic nitrogens is 2. The van der Waals surface area contributed by atoms with Crippen molar-refractivity contribution in [2.45, 2.75) is 31.2 Å². The van der Waals surface area contributed by atoms with Crippen LogP contribution in [0.5, 0.6) is 0 Å². The Labute approximate surface area is 106 Å². The second-order valence-corrected chi connectivity index (χ2v) is 5.55. The monoisotopic (exact) mass is 249 g/mol. The molecule has 0 amide bonds. The molecule has 2 heterocycles. The molecule has 17 heavy (non-hydrogen) atoms. The molecule has 2 N–H and O–H groups in total. The number of rotatable bonds is 3. The van der Waals surface area contributed by atoms with Gasteiger partial charge in [-0.05, 0) is 37.8 Å². The van der Waals surface area contributed by atoms with E-state index in [2.05, 4.69) is 22.7 Å². The Kier molecular flexibility index (Phi) is 2.42. The van der Waals surface area contributed by atoms with Gasteiger partial charge in [0.25, 0.3) is 0 Å². The van der Waals surface area contributed by atoms with Gasteiger partial charge in [-0.25, -0.2) is 0 Å². The van der Waals surface area contributed by atoms with E-state index in [1.165, 1.54) is 18.5 Å². The predicted molar refractivity (Wildman–Crippen MR) is 70.2 cm³/mol. The lowest BCUT2D eigenvalue weighted by Crippen LogP contribution is -2.22. The van der Waals surface area contributed by atoms with Crippen molar-refractivity contribution in [3.05, 3.63) is 29.0 Å². The fourth-order valence-electron chi connectivity index (χ4n) is 2.26. The van der Waals surface area contributed by atoms with Crippen LogP contribution in [-0.2, 0) is 13.5 Å². The molecule has 4 heteroatoms. The molecule has 90 valence electrons. The maximum absolute atomic E-state index is 6.12. The summed E-state index contributed by atoms with van der Waals surface area (Å²) in [5, 5.41) is 0.683. The maximum Gasteiger partial charge on any atom is 0.0884 e. The van der Waals surface area contributed by atoms with Gasteiger partial charge in [0.15, 0.2) is 0 Å². The van der Waals surface area contributed by atoms with Gasteiger partial charge in [-0.15, -0.1) is 0 Å². The fraction of sp³-hybridized carbons (Fsp3) is 0.462. The zero-order valence-corrected chi connectivity index (χ0v) is 10.7. The number of fused-ring (bicyclic) bond motifs is 1. The molecule has 2 aromatic rings. The number of nitrogens with two attached hydrogens (primary N) is 1. The Balaban J connectivity index is 1.91. The zero-order valence-electron chi connectivity index (χ0n) is 9.91. The first-order chi connectivity index (χ1) is 8.07. The minimum absolute atomic E-state index is 0.113. The molecule has 0 atom stereocenters. The topological polar surface area (TPSA) is 43.8 Å². The lowest BCUT2D eigenvalue weighted by molar-refractivity contribution is 0.596. The van der Waals surface area contributed by atoms with Crippen molar-refractivity contribution >= 4 is 22.6 Å². The van der Waals surface area contributed by atoms with Crippen LogP contribution in [-0.4, -0.2) is 15.1 Å². The van der Waals surface area contributed by atoms with Crippen LogP contribution in [0.15, 0.2) is 18.3 Å². The Hall–Kier alpha value is -1.06. The highest BCUT2D eigenvalue weighted by molar-refractivity contribution is 6.31. The molecule has 1 fully saturated rings. The summed E-state index contributed by atoms with van der Waals surface area (Å²) in [6.07, 6.45) is 6.10. The van der Waals surface area contributed by atoms with Crippen molar-refractivity contribution in [1.82, 2.24) is 9.55 Å². The number of hydrogen-bond donors (Lipinski definition) is 1. The van der Waals surface area contributed by atoms with E-state index in [-0.39, 0.29) is 5.54 Å². The molecule has 0 bridgehead atoms. The smallest absolute Gasteiger partial charge is 0.0884 e. The van der Waals surface area contributed by atoms with E-state index in [1.54, 1.807) is 6.20 Å². The van der Waals surface area contributed by atoms with Crippen LogP contribution in [0.4, 0.5) is 0 Å². The predicted octanol–water partition coefficient (Wildman–Crippen LogP) is 2.65. The van der Waals surface area contributed by atoms with Crippen LogP contribution in [0, 0.1) is 0 Å². The van der Waals surface area contributed by atoms with Crippen LogP contribution in [0.1, 0.15) is 25.0 Å². The zero-order chi connectivity index (χ0) is 12.0. The Morgan fingerprint density at radius 1 is 1.47 bits per heavy atom. The SMILES string of the molecule is Cn1c(CCC2(N)CC2)cc2ncc(Cl)cc21. The molecule has 3 nitrogen and oxygen atoms in total. The van der Waals surface area contributed by atoms with Crippen molar-refractivity contribution in [2.24, 2.45) is 12.8 Å². The van der Waals surface area contributed by atoms with Crippen LogP contribution in [0.3, 0.4) is 0 Å². The standard InChI is InChI=1S/C13H16ClN3/c1-17-10(2-3-13(15)4-5-13)7-11-12(17)6-9(14)8-16-11/h6-8H,2-5,15H2,1H3. The summed E-state index contributed by atoms with van der Waals surface area (Å²) in [6.45, 7) is 0. The summed E-state index contributed by atoms with van der Waals surface area (Å²) in [4.78, 5) is 4.34. The number of hydrogen-bond acceptors (Lipinski definition) is 2. The summed E-state index contributed by atoms with van der Waals surface area (Å²) in [5.74, 6) is 0. The Morgan fingerprint density at radius 2 is 2.24 bits per heavy atom. The van der Waals surface area contributed by atoms with Gasteiger partial charge in [0, 0.05) is 24.5 Å². The first-order valence-electron chi connectivity index (χ1n) is 5.96. The molecule has 0 unspecified atom stereocenters. The molecule has 3 rings (SSSR count). The van der Waals surface area contributed by atoms with Gasteiger partial charge in [-0.1, -0.05) is 11.6 Å². The summed E-state index contributed by atoms with van der Waals surface area (Å²) < 4.78 is 2.17. The average Bonchev–Trinajstić information content (AvgIpc) is 2.95. The summed E-state index contributed by atoms with van der Waals surface area (Å²) in [7, 11) is 2.06. The third kappa shape index (κ3) is 2.05. The van der Waals surface area contributed by atoms with Gasteiger partial charge in [-0.2, -0.15) is 0 Å². The van der Waals surface area contributed by atoms with E-state index >= 15 is 0 Å². The summed E-state index contributed by atoms with van der Waals surface area (Å²) in [5.41, 5.74) is 9.61. The van der Waals surface area contributed by atoms with Crippen LogP contribution in [0.25, 0.3) is 11.0 Å². The highest BCUT2D eigenvalue weighted by atomic mass is 35.5. The molecule has 2 aromatic heterocycles. The number of halogens is 1. The van der Waals surface area contributed by atoms with Gasteiger partial charge in [0.2, 0.25) is 0 Å². The van der Waals surface area contributed by atoms with E-state index in [1.807, 2.05) is 6.07 Å². The second kappa shape index (κ2) is 3.72. The minimum Gasteiger partial charge on any atom is -0.346 e. The van der Waals surface area contributed by atoms with Gasteiger partial charge >= 0.3 is 0 Å². The lowest BCUT2D eigenvalue weighted by atomic mass is 10.1. The summed E-state index contributed by atoms with van der Waals surface area (Å²) in [6, 6.07) is 4.10. The van der Waals surface area contributed by atoms with E-state index in [9.17, 15) is 0 Å². The lowest BCUT2D eigenvalue weighted by Gasteiger charge is -2.08. The molecular weight excluding hydrogens is 234 g/mol. The van der Waals surface area contributed by atoms with Gasteiger partial charge in [0.1, 0.15) is 0 Å². The second-order valence-electron chi connectivity index (χ2n) is 5.11. The number of nitrogens with zero attached hydrogens (tertiary/aromatic N) is 2. The van der Waals surface area contributed by atoms with E-state index in [0.717, 1.165) is 23.9 Å². The molecular formula is C13H16ClN3. The van der Waals surface area contributed by atoms with Gasteiger partial charge in [0.05, 0.1) is 16.1 Å². The molecule has 0 aliphatic heterocycles. The quantitative estimate of drug-likeness (QED) is 0.909. The minimum atomic E-state index is 0.113. The molecule has 0 aromatic carbocycles. The fourth-order valence-corrected chi connectivity index (χ4v) is 2.41. The summed E-state index contributed by atoms with van der Waals surface area (Å²) >= 11 is 5.96. The van der Waals surface area contributed by atoms with Crippen molar-refractivity contribution in [2.75, 3.05) is 0 Å². The number of aryl methyl sites for hydroxylation is 2. The van der Waals surface area contributed by atoms with Gasteiger partial charge < -0.3 is 10.3 Å². The van der Waals surface area contributed by atoms with Crippen LogP contribution in [0.2, 0.25) is 5.02 Å². The maximum atomic E-state index is 6.12. The Bertz CT molecular complexity index is 569. The molecule has 1 aliphatic rings. The molecule has 0 radical (unpaired) electrons. The van der Waals surface area contributed by atoms with E-state index < -0.39 is 0 Å². The van der Waals surface area contributed by atoms with Crippen molar-refractivity contribution in [3.63, 3.8) is 0 Å². The molecule has 0 spiro atoms. The highest BCUT2D eigenvalue weighted by Crippen LogP contribution is 2.36. The Morgan fingerprint density at radius 3 is 2.94 bits per heavy atom. The number of pyridine rings is 1. The normalized spacial score (nSPS) is 17.6. The van der Waals surface area contributed by atoms with Crippen molar-refractivity contribution in [3.8, 4) is 0 Å². The van der Waals surface area contributed by atoms with Crippen molar-refractivity contribution < 1.29 is 0 Å². The first kappa shape index (κ1) is 11.1. The molecule has 1 saturated carbocycles. The third-order valence-corrected chi connectivity index (χ3v) is 3.94. The van der Waals surface area contributed by atoms with Crippen LogP contribution < -0.4 is 5.73 Å². The van der Waals surface area contributed by atoms with E-state index in [0.29, 0.717) is 5.02 Å². The van der Waals surface area contributed by atoms with Crippen LogP contribution >= 0.6 is 11.6 Å². The highest BCUT2D eigenvalue weighted by Gasteiger charge is 2.37. The third-order valence-electron chi connectivity index (χ3n) is 3.73. The molecule has 1 aliphatic carbocycles. The largest absolute Gasteiger partial charge is 0.346 e. The average molecular weight is 250 g/mol. The molecule has 0 saturated heterocycles. The first-order valence-corrected chi connectivity index (χ1v) is 6.34.